The van der Waals surface area contributed by atoms with Gasteiger partial charge in [0.25, 0.3) is 5.91 Å². The van der Waals surface area contributed by atoms with Crippen LogP contribution in [0, 0.1) is 5.41 Å². The van der Waals surface area contributed by atoms with Crippen molar-refractivity contribution in [2.45, 2.75) is 19.3 Å². The zero-order valence-corrected chi connectivity index (χ0v) is 11.4. The fraction of sp³-hybridized carbons (Fsp3) is 0.375. The van der Waals surface area contributed by atoms with Crippen LogP contribution in [0.5, 0.6) is 0 Å². The van der Waals surface area contributed by atoms with Gasteiger partial charge >= 0.3 is 0 Å². The Bertz CT molecular complexity index is 567. The first-order valence-corrected chi connectivity index (χ1v) is 6.94. The summed E-state index contributed by atoms with van der Waals surface area (Å²) in [5.74, 6) is 0.0387. The van der Waals surface area contributed by atoms with E-state index in [1.54, 1.807) is 4.90 Å². The highest BCUT2D eigenvalue weighted by molar-refractivity contribution is 5.95. The minimum Gasteiger partial charge on any atom is -0.338 e. The molecule has 1 spiro atoms. The van der Waals surface area contributed by atoms with Crippen LogP contribution in [0.15, 0.2) is 42.6 Å². The smallest absolute Gasteiger partial charge is 0.253 e. The Balaban J connectivity index is 1.75. The number of allylic oxidation sites excluding steroid dienone is 1. The normalized spacial score (nSPS) is 25.9. The fourth-order valence-corrected chi connectivity index (χ4v) is 3.06. The van der Waals surface area contributed by atoms with Crippen LogP contribution in [0.1, 0.15) is 29.6 Å². The summed E-state index contributed by atoms with van der Waals surface area (Å²) < 4.78 is 0. The van der Waals surface area contributed by atoms with Gasteiger partial charge in [0.15, 0.2) is 0 Å². The molecule has 1 aromatic carbocycles. The second kappa shape index (κ2) is 4.78. The maximum Gasteiger partial charge on any atom is 0.253 e. The van der Waals surface area contributed by atoms with Crippen LogP contribution < -0.4 is 5.32 Å². The molecule has 3 rings (SSSR count). The molecule has 1 atom stereocenters. The van der Waals surface area contributed by atoms with Gasteiger partial charge in [0.2, 0.25) is 5.91 Å². The molecule has 2 fully saturated rings. The van der Waals surface area contributed by atoms with Crippen LogP contribution in [-0.2, 0) is 4.79 Å². The van der Waals surface area contributed by atoms with Gasteiger partial charge in [-0.25, -0.2) is 0 Å². The Morgan fingerprint density at radius 1 is 1.25 bits per heavy atom. The van der Waals surface area contributed by atoms with Crippen molar-refractivity contribution in [2.75, 3.05) is 13.1 Å². The van der Waals surface area contributed by atoms with E-state index < -0.39 is 5.41 Å². The number of hydrogen-bond donors (Lipinski definition) is 1. The van der Waals surface area contributed by atoms with Crippen molar-refractivity contribution >= 4 is 11.8 Å². The van der Waals surface area contributed by atoms with Gasteiger partial charge in [-0.1, -0.05) is 24.8 Å². The lowest BCUT2D eigenvalue weighted by atomic mass is 9.78. The molecule has 1 aromatic rings. The molecule has 4 nitrogen and oxygen atoms in total. The maximum absolute atomic E-state index is 12.4. The van der Waals surface area contributed by atoms with E-state index in [0.717, 1.165) is 25.0 Å². The van der Waals surface area contributed by atoms with E-state index in [0.29, 0.717) is 18.7 Å². The number of carbonyl (C=O) groups excluding carboxylic acids is 2. The molecule has 2 amide bonds. The van der Waals surface area contributed by atoms with Crippen molar-refractivity contribution in [1.82, 2.24) is 10.2 Å². The van der Waals surface area contributed by atoms with Crippen LogP contribution in [0.2, 0.25) is 0 Å². The van der Waals surface area contributed by atoms with Crippen molar-refractivity contribution in [2.24, 2.45) is 5.41 Å². The average molecular weight is 270 g/mol. The molecule has 1 unspecified atom stereocenters. The third kappa shape index (κ3) is 2.11. The van der Waals surface area contributed by atoms with Gasteiger partial charge in [-0.05, 0) is 31.4 Å². The zero-order valence-electron chi connectivity index (χ0n) is 11.4. The molecule has 0 aromatic heterocycles. The first-order valence-electron chi connectivity index (χ1n) is 6.94. The quantitative estimate of drug-likeness (QED) is 0.848. The standard InChI is InChI=1S/C16H18N2O2/c1-12-7-8-16(15(20)17-12)9-10-18(11-16)14(19)13-5-3-2-4-6-13/h2-6H,1,7-11H2,(H,17,20). The van der Waals surface area contributed by atoms with E-state index >= 15 is 0 Å². The Labute approximate surface area is 118 Å². The zero-order chi connectivity index (χ0) is 14.2. The third-order valence-corrected chi connectivity index (χ3v) is 4.34. The van der Waals surface area contributed by atoms with E-state index in [9.17, 15) is 9.59 Å². The number of nitrogens with zero attached hydrogens (tertiary/aromatic N) is 1. The van der Waals surface area contributed by atoms with Gasteiger partial charge in [-0.3, -0.25) is 9.59 Å². The summed E-state index contributed by atoms with van der Waals surface area (Å²) in [5.41, 5.74) is 1.06. The lowest BCUT2D eigenvalue weighted by Crippen LogP contribution is -2.46. The van der Waals surface area contributed by atoms with Crippen molar-refractivity contribution in [1.29, 1.82) is 0 Å². The SMILES string of the molecule is C=C1CCC2(CCN(C(=O)c3ccccc3)C2)C(=O)N1. The Morgan fingerprint density at radius 3 is 2.70 bits per heavy atom. The molecule has 20 heavy (non-hydrogen) atoms. The van der Waals surface area contributed by atoms with Gasteiger partial charge in [0, 0.05) is 24.4 Å². The molecule has 2 saturated heterocycles. The summed E-state index contributed by atoms with van der Waals surface area (Å²) >= 11 is 0. The van der Waals surface area contributed by atoms with Crippen molar-refractivity contribution in [3.8, 4) is 0 Å². The number of nitrogens with one attached hydrogen (secondary N) is 1. The topological polar surface area (TPSA) is 49.4 Å². The van der Waals surface area contributed by atoms with Crippen molar-refractivity contribution < 1.29 is 9.59 Å². The number of likely N-dealkylation sites (tertiary alicyclic amines) is 1. The first-order chi connectivity index (χ1) is 9.61. The van der Waals surface area contributed by atoms with Crippen LogP contribution in [0.4, 0.5) is 0 Å². The molecule has 104 valence electrons. The number of carbonyl (C=O) groups is 2. The van der Waals surface area contributed by atoms with Gasteiger partial charge in [-0.2, -0.15) is 0 Å². The highest BCUT2D eigenvalue weighted by Crippen LogP contribution is 2.39. The lowest BCUT2D eigenvalue weighted by Gasteiger charge is -2.33. The molecule has 4 heteroatoms. The Kier molecular flexibility index (Phi) is 3.08. The molecular formula is C16H18N2O2. The van der Waals surface area contributed by atoms with E-state index in [4.69, 9.17) is 0 Å². The van der Waals surface area contributed by atoms with Gasteiger partial charge in [-0.15, -0.1) is 0 Å². The van der Waals surface area contributed by atoms with Crippen LogP contribution >= 0.6 is 0 Å². The van der Waals surface area contributed by atoms with Gasteiger partial charge in [0.1, 0.15) is 0 Å². The molecule has 0 radical (unpaired) electrons. The minimum atomic E-state index is -0.411. The third-order valence-electron chi connectivity index (χ3n) is 4.34. The highest BCUT2D eigenvalue weighted by atomic mass is 16.2. The van der Waals surface area contributed by atoms with E-state index in [1.807, 2.05) is 30.3 Å². The summed E-state index contributed by atoms with van der Waals surface area (Å²) in [6.45, 7) is 4.97. The van der Waals surface area contributed by atoms with Crippen molar-refractivity contribution in [3.63, 3.8) is 0 Å². The molecule has 1 N–H and O–H groups in total. The molecule has 0 bridgehead atoms. The van der Waals surface area contributed by atoms with E-state index in [-0.39, 0.29) is 11.8 Å². The molecular weight excluding hydrogens is 252 g/mol. The van der Waals surface area contributed by atoms with Crippen molar-refractivity contribution in [3.05, 3.63) is 48.2 Å². The number of hydrogen-bond acceptors (Lipinski definition) is 2. The summed E-state index contributed by atoms with van der Waals surface area (Å²) in [7, 11) is 0. The fourth-order valence-electron chi connectivity index (χ4n) is 3.06. The molecule has 2 aliphatic heterocycles. The number of amides is 2. The highest BCUT2D eigenvalue weighted by Gasteiger charge is 2.47. The summed E-state index contributed by atoms with van der Waals surface area (Å²) in [4.78, 5) is 26.4. The monoisotopic (exact) mass is 270 g/mol. The molecule has 2 aliphatic rings. The lowest BCUT2D eigenvalue weighted by molar-refractivity contribution is -0.131. The number of benzene rings is 1. The maximum atomic E-state index is 12.4. The number of rotatable bonds is 1. The van der Waals surface area contributed by atoms with Gasteiger partial charge < -0.3 is 10.2 Å². The summed E-state index contributed by atoms with van der Waals surface area (Å²) in [6.07, 6.45) is 2.33. The molecule has 0 aliphatic carbocycles. The predicted molar refractivity (Wildman–Crippen MR) is 75.9 cm³/mol. The van der Waals surface area contributed by atoms with E-state index in [1.165, 1.54) is 0 Å². The molecule has 0 saturated carbocycles. The van der Waals surface area contributed by atoms with Gasteiger partial charge in [0.05, 0.1) is 5.41 Å². The van der Waals surface area contributed by atoms with Crippen LogP contribution in [0.25, 0.3) is 0 Å². The predicted octanol–water partition coefficient (Wildman–Crippen LogP) is 1.94. The van der Waals surface area contributed by atoms with Crippen LogP contribution in [0.3, 0.4) is 0 Å². The second-order valence-corrected chi connectivity index (χ2v) is 5.68. The minimum absolute atomic E-state index is 0.0136. The Hall–Kier alpha value is -2.10. The van der Waals surface area contributed by atoms with Crippen LogP contribution in [-0.4, -0.2) is 29.8 Å². The first kappa shape index (κ1) is 12.9. The van der Waals surface area contributed by atoms with E-state index in [2.05, 4.69) is 11.9 Å². The second-order valence-electron chi connectivity index (χ2n) is 5.68. The largest absolute Gasteiger partial charge is 0.338 e. The average Bonchev–Trinajstić information content (AvgIpc) is 2.89. The Morgan fingerprint density at radius 2 is 2.00 bits per heavy atom. The number of piperidine rings is 1. The summed E-state index contributed by atoms with van der Waals surface area (Å²) in [6, 6.07) is 9.24. The summed E-state index contributed by atoms with van der Waals surface area (Å²) in [5, 5.41) is 2.84. The molecule has 2 heterocycles.